The Bertz CT molecular complexity index is 631. The second kappa shape index (κ2) is 5.05. The van der Waals surface area contributed by atoms with Crippen LogP contribution in [0, 0.1) is 0 Å². The van der Waals surface area contributed by atoms with Gasteiger partial charge in [-0.3, -0.25) is 0 Å². The first-order chi connectivity index (χ1) is 9.19. The molecular weight excluding hydrogens is 408 g/mol. The first-order valence-corrected chi connectivity index (χ1v) is 6.50. The van der Waals surface area contributed by atoms with Crippen molar-refractivity contribution < 1.29 is 18.3 Å². The van der Waals surface area contributed by atoms with Crippen molar-refractivity contribution in [3.63, 3.8) is 0 Å². The minimum absolute atomic E-state index is 0.118. The van der Waals surface area contributed by atoms with Gasteiger partial charge >= 0.3 is 6.29 Å². The topological polar surface area (TPSA) is 121 Å². The van der Waals surface area contributed by atoms with Crippen molar-refractivity contribution in [2.45, 2.75) is 6.29 Å². The SMILES string of the molecule is NC(N)=NC(N)=Nc1c(Br)cc2c(c1Br)OC(F)(F)O2. The molecule has 11 heteroatoms. The summed E-state index contributed by atoms with van der Waals surface area (Å²) in [6, 6.07) is 1.27. The highest BCUT2D eigenvalue weighted by molar-refractivity contribution is 9.11. The number of nitrogens with zero attached hydrogens (tertiary/aromatic N) is 2. The lowest BCUT2D eigenvalue weighted by molar-refractivity contribution is -0.286. The minimum Gasteiger partial charge on any atom is -0.395 e. The Labute approximate surface area is 128 Å². The molecule has 1 aromatic rings. The van der Waals surface area contributed by atoms with Crippen LogP contribution in [0.3, 0.4) is 0 Å². The second-order valence-electron chi connectivity index (χ2n) is 3.52. The van der Waals surface area contributed by atoms with Crippen LogP contribution in [0.2, 0.25) is 0 Å². The summed E-state index contributed by atoms with van der Waals surface area (Å²) in [4.78, 5) is 7.41. The van der Waals surface area contributed by atoms with E-state index >= 15 is 0 Å². The molecule has 0 fully saturated rings. The van der Waals surface area contributed by atoms with E-state index in [2.05, 4.69) is 51.3 Å². The Morgan fingerprint density at radius 3 is 2.45 bits per heavy atom. The number of halogens is 4. The number of benzene rings is 1. The normalized spacial score (nSPS) is 16.1. The molecule has 108 valence electrons. The van der Waals surface area contributed by atoms with Crippen molar-refractivity contribution in [3.8, 4) is 11.5 Å². The molecule has 1 aromatic carbocycles. The quantitative estimate of drug-likeness (QED) is 0.477. The average molecular weight is 415 g/mol. The van der Waals surface area contributed by atoms with Crippen LogP contribution in [0.15, 0.2) is 25.0 Å². The Kier molecular flexibility index (Phi) is 3.73. The standard InChI is InChI=1S/C9H7Br2F2N5O2/c10-2-1-3-6(20-9(12,13)19-3)4(11)5(2)17-8(16)18-7(14)15/h1H,(H6,14,15,16,17,18). The fourth-order valence-corrected chi connectivity index (χ4v) is 2.72. The van der Waals surface area contributed by atoms with Crippen LogP contribution in [0.25, 0.3) is 0 Å². The Morgan fingerprint density at radius 1 is 1.20 bits per heavy atom. The van der Waals surface area contributed by atoms with Crippen LogP contribution >= 0.6 is 31.9 Å². The summed E-state index contributed by atoms with van der Waals surface area (Å²) in [6.07, 6.45) is -3.74. The van der Waals surface area contributed by atoms with Gasteiger partial charge in [-0.1, -0.05) is 0 Å². The summed E-state index contributed by atoms with van der Waals surface area (Å²) >= 11 is 6.24. The van der Waals surface area contributed by atoms with Gasteiger partial charge in [-0.2, -0.15) is 4.99 Å². The van der Waals surface area contributed by atoms with Gasteiger partial charge in [0.2, 0.25) is 5.96 Å². The predicted molar refractivity (Wildman–Crippen MR) is 75.1 cm³/mol. The molecule has 6 N–H and O–H groups in total. The van der Waals surface area contributed by atoms with Crippen LogP contribution in [0.1, 0.15) is 0 Å². The zero-order valence-corrected chi connectivity index (χ0v) is 12.7. The first kappa shape index (κ1) is 14.8. The molecule has 1 heterocycles. The van der Waals surface area contributed by atoms with Gasteiger partial charge < -0.3 is 26.7 Å². The summed E-state index contributed by atoms with van der Waals surface area (Å²) in [5.74, 6) is -0.884. The number of aliphatic imine (C=N–C) groups is 2. The molecule has 0 aromatic heterocycles. The third kappa shape index (κ3) is 2.93. The number of alkyl halides is 2. The molecule has 2 rings (SSSR count). The molecule has 0 atom stereocenters. The fourth-order valence-electron chi connectivity index (χ4n) is 1.38. The number of nitrogens with two attached hydrogens (primary N) is 3. The molecule has 0 aliphatic carbocycles. The van der Waals surface area contributed by atoms with Gasteiger partial charge in [-0.25, -0.2) is 4.99 Å². The summed E-state index contributed by atoms with van der Waals surface area (Å²) in [6.45, 7) is 0. The van der Waals surface area contributed by atoms with Gasteiger partial charge in [0.15, 0.2) is 17.5 Å². The van der Waals surface area contributed by atoms with E-state index in [1.165, 1.54) is 6.07 Å². The number of rotatable bonds is 1. The van der Waals surface area contributed by atoms with E-state index in [1.807, 2.05) is 0 Å². The number of hydrogen-bond donors (Lipinski definition) is 3. The van der Waals surface area contributed by atoms with Crippen molar-refractivity contribution in [1.82, 2.24) is 0 Å². The highest BCUT2D eigenvalue weighted by Gasteiger charge is 2.45. The van der Waals surface area contributed by atoms with Gasteiger partial charge in [-0.05, 0) is 31.9 Å². The van der Waals surface area contributed by atoms with Crippen LogP contribution in [0.5, 0.6) is 11.5 Å². The van der Waals surface area contributed by atoms with E-state index in [4.69, 9.17) is 17.2 Å². The van der Waals surface area contributed by atoms with Gasteiger partial charge in [0, 0.05) is 10.5 Å². The minimum atomic E-state index is -3.74. The largest absolute Gasteiger partial charge is 0.586 e. The molecule has 0 bridgehead atoms. The van der Waals surface area contributed by atoms with Gasteiger partial charge in [-0.15, -0.1) is 8.78 Å². The lowest BCUT2D eigenvalue weighted by Crippen LogP contribution is -2.26. The molecule has 0 unspecified atom stereocenters. The lowest BCUT2D eigenvalue weighted by Gasteiger charge is -2.06. The zero-order valence-electron chi connectivity index (χ0n) is 9.53. The van der Waals surface area contributed by atoms with E-state index in [9.17, 15) is 8.78 Å². The number of ether oxygens (including phenoxy) is 2. The van der Waals surface area contributed by atoms with E-state index in [1.54, 1.807) is 0 Å². The zero-order chi connectivity index (χ0) is 15.1. The van der Waals surface area contributed by atoms with Crippen LogP contribution < -0.4 is 26.7 Å². The van der Waals surface area contributed by atoms with Crippen LogP contribution in [-0.2, 0) is 0 Å². The third-order valence-electron chi connectivity index (χ3n) is 2.03. The van der Waals surface area contributed by atoms with Crippen molar-refractivity contribution in [3.05, 3.63) is 15.0 Å². The summed E-state index contributed by atoms with van der Waals surface area (Å²) in [7, 11) is 0. The van der Waals surface area contributed by atoms with Crippen molar-refractivity contribution in [2.75, 3.05) is 0 Å². The van der Waals surface area contributed by atoms with Crippen LogP contribution in [-0.4, -0.2) is 18.2 Å². The van der Waals surface area contributed by atoms with E-state index in [0.717, 1.165) is 0 Å². The first-order valence-electron chi connectivity index (χ1n) is 4.91. The highest BCUT2D eigenvalue weighted by atomic mass is 79.9. The molecule has 0 spiro atoms. The van der Waals surface area contributed by atoms with E-state index in [0.29, 0.717) is 4.47 Å². The molecule has 7 nitrogen and oxygen atoms in total. The highest BCUT2D eigenvalue weighted by Crippen LogP contribution is 2.52. The maximum Gasteiger partial charge on any atom is 0.586 e. The summed E-state index contributed by atoms with van der Waals surface area (Å²) < 4.78 is 35.2. The smallest absolute Gasteiger partial charge is 0.395 e. The Balaban J connectivity index is 2.51. The Hall–Kier alpha value is -1.62. The monoisotopic (exact) mass is 413 g/mol. The second-order valence-corrected chi connectivity index (χ2v) is 5.17. The number of guanidine groups is 2. The number of fused-ring (bicyclic) bond motifs is 1. The molecule has 0 radical (unpaired) electrons. The maximum atomic E-state index is 13.0. The summed E-state index contributed by atoms with van der Waals surface area (Å²) in [5, 5.41) is 0. The molecule has 0 saturated heterocycles. The van der Waals surface area contributed by atoms with E-state index in [-0.39, 0.29) is 33.6 Å². The van der Waals surface area contributed by atoms with Crippen LogP contribution in [0.4, 0.5) is 14.5 Å². The third-order valence-corrected chi connectivity index (χ3v) is 3.37. The average Bonchev–Trinajstić information content (AvgIpc) is 2.58. The fraction of sp³-hybridized carbons (Fsp3) is 0.111. The molecule has 0 amide bonds. The number of hydrogen-bond acceptors (Lipinski definition) is 3. The Morgan fingerprint density at radius 2 is 1.85 bits per heavy atom. The van der Waals surface area contributed by atoms with Crippen molar-refractivity contribution in [2.24, 2.45) is 27.2 Å². The van der Waals surface area contributed by atoms with Crippen molar-refractivity contribution in [1.29, 1.82) is 0 Å². The molecule has 1 aliphatic heterocycles. The molecular formula is C9H7Br2F2N5O2. The van der Waals surface area contributed by atoms with Gasteiger partial charge in [0.25, 0.3) is 0 Å². The molecule has 0 saturated carbocycles. The lowest BCUT2D eigenvalue weighted by atomic mass is 10.3. The van der Waals surface area contributed by atoms with E-state index < -0.39 is 6.29 Å². The van der Waals surface area contributed by atoms with Gasteiger partial charge in [0.05, 0.1) is 10.2 Å². The summed E-state index contributed by atoms with van der Waals surface area (Å²) in [5.41, 5.74) is 16.0. The van der Waals surface area contributed by atoms with Gasteiger partial charge in [0.1, 0.15) is 0 Å². The maximum absolute atomic E-state index is 13.0. The predicted octanol–water partition coefficient (Wildman–Crippen LogP) is 1.75. The van der Waals surface area contributed by atoms with Crippen molar-refractivity contribution >= 4 is 49.5 Å². The molecule has 20 heavy (non-hydrogen) atoms. The molecule has 1 aliphatic rings.